The van der Waals surface area contributed by atoms with E-state index in [1.807, 2.05) is 12.3 Å². The van der Waals surface area contributed by atoms with Crippen LogP contribution in [0.2, 0.25) is 0 Å². The Morgan fingerprint density at radius 3 is 3.05 bits per heavy atom. The molecular formula is C15H15BrIN3. The minimum absolute atomic E-state index is 0.0931. The van der Waals surface area contributed by atoms with Crippen molar-refractivity contribution in [3.63, 3.8) is 0 Å². The number of hydrogen-bond donors (Lipinski definition) is 2. The molecule has 1 aromatic carbocycles. The lowest BCUT2D eigenvalue weighted by atomic mass is 9.91. The summed E-state index contributed by atoms with van der Waals surface area (Å²) in [4.78, 5) is 4.58. The standard InChI is InChI=1S/C15H15BrIN3/c16-10-4-6-13(17)12(8-10)15(20-18)11-5-3-9-2-1-7-19-14(9)11/h1-2,4,6-8,11,15,20H,3,5,18H2. The van der Waals surface area contributed by atoms with Gasteiger partial charge in [0.15, 0.2) is 0 Å². The molecule has 0 aliphatic heterocycles. The topological polar surface area (TPSA) is 50.9 Å². The number of nitrogens with two attached hydrogens (primary N) is 1. The summed E-state index contributed by atoms with van der Waals surface area (Å²) in [6, 6.07) is 10.6. The fourth-order valence-electron chi connectivity index (χ4n) is 2.94. The largest absolute Gasteiger partial charge is 0.271 e. The van der Waals surface area contributed by atoms with Crippen molar-refractivity contribution in [2.75, 3.05) is 0 Å². The third-order valence-electron chi connectivity index (χ3n) is 3.88. The summed E-state index contributed by atoms with van der Waals surface area (Å²) in [5.74, 6) is 6.20. The second-order valence-corrected chi connectivity index (χ2v) is 7.08. The van der Waals surface area contributed by atoms with E-state index in [0.29, 0.717) is 5.92 Å². The third-order valence-corrected chi connectivity index (χ3v) is 5.35. The molecular weight excluding hydrogens is 429 g/mol. The molecule has 3 nitrogen and oxygen atoms in total. The molecule has 1 aliphatic rings. The molecule has 0 fully saturated rings. The normalized spacial score (nSPS) is 18.9. The second-order valence-electron chi connectivity index (χ2n) is 5.00. The van der Waals surface area contributed by atoms with Crippen LogP contribution in [0.5, 0.6) is 0 Å². The molecule has 0 radical (unpaired) electrons. The molecule has 0 amide bonds. The van der Waals surface area contributed by atoms with E-state index in [4.69, 9.17) is 5.84 Å². The smallest absolute Gasteiger partial charge is 0.0554 e. The highest BCUT2D eigenvalue weighted by Gasteiger charge is 2.32. The molecule has 20 heavy (non-hydrogen) atoms. The number of aromatic nitrogens is 1. The third kappa shape index (κ3) is 2.64. The Morgan fingerprint density at radius 2 is 2.25 bits per heavy atom. The van der Waals surface area contributed by atoms with Crippen molar-refractivity contribution in [2.24, 2.45) is 5.84 Å². The van der Waals surface area contributed by atoms with E-state index in [1.54, 1.807) is 0 Å². The Balaban J connectivity index is 2.01. The molecule has 0 saturated heterocycles. The van der Waals surface area contributed by atoms with Gasteiger partial charge in [0.25, 0.3) is 0 Å². The summed E-state index contributed by atoms with van der Waals surface area (Å²) >= 11 is 5.91. The summed E-state index contributed by atoms with van der Waals surface area (Å²) in [7, 11) is 0. The molecule has 0 bridgehead atoms. The predicted molar refractivity (Wildman–Crippen MR) is 92.2 cm³/mol. The first-order valence-corrected chi connectivity index (χ1v) is 8.42. The highest BCUT2D eigenvalue weighted by atomic mass is 127. The Kier molecular flexibility index (Phi) is 4.40. The monoisotopic (exact) mass is 443 g/mol. The van der Waals surface area contributed by atoms with Gasteiger partial charge >= 0.3 is 0 Å². The van der Waals surface area contributed by atoms with Crippen LogP contribution in [0.25, 0.3) is 0 Å². The molecule has 2 atom stereocenters. The number of halogens is 2. The van der Waals surface area contributed by atoms with Crippen LogP contribution in [0.3, 0.4) is 0 Å². The lowest BCUT2D eigenvalue weighted by Crippen LogP contribution is -2.32. The molecule has 0 spiro atoms. The Labute approximate surface area is 140 Å². The average Bonchev–Trinajstić information content (AvgIpc) is 2.88. The van der Waals surface area contributed by atoms with Crippen LogP contribution in [-0.2, 0) is 6.42 Å². The van der Waals surface area contributed by atoms with Gasteiger partial charge in [-0.05, 0) is 70.8 Å². The van der Waals surface area contributed by atoms with Crippen LogP contribution < -0.4 is 11.3 Å². The first-order valence-electron chi connectivity index (χ1n) is 6.55. The minimum atomic E-state index is 0.0931. The van der Waals surface area contributed by atoms with Crippen molar-refractivity contribution in [3.8, 4) is 0 Å². The quantitative estimate of drug-likeness (QED) is 0.432. The van der Waals surface area contributed by atoms with Crippen molar-refractivity contribution in [3.05, 3.63) is 61.4 Å². The summed E-state index contributed by atoms with van der Waals surface area (Å²) in [6.07, 6.45) is 4.04. The summed E-state index contributed by atoms with van der Waals surface area (Å²) in [5.41, 5.74) is 6.77. The lowest BCUT2D eigenvalue weighted by Gasteiger charge is -2.24. The number of fused-ring (bicyclic) bond motifs is 1. The van der Waals surface area contributed by atoms with E-state index in [1.165, 1.54) is 20.4 Å². The molecule has 1 heterocycles. The molecule has 1 aliphatic carbocycles. The van der Waals surface area contributed by atoms with E-state index in [-0.39, 0.29) is 6.04 Å². The van der Waals surface area contributed by atoms with Gasteiger partial charge in [0.05, 0.1) is 6.04 Å². The van der Waals surface area contributed by atoms with Crippen LogP contribution >= 0.6 is 38.5 Å². The van der Waals surface area contributed by atoms with Gasteiger partial charge in [-0.15, -0.1) is 0 Å². The zero-order valence-electron chi connectivity index (χ0n) is 10.8. The average molecular weight is 444 g/mol. The van der Waals surface area contributed by atoms with E-state index in [2.05, 4.69) is 73.2 Å². The van der Waals surface area contributed by atoms with E-state index in [0.717, 1.165) is 17.3 Å². The number of nitrogens with one attached hydrogen (secondary N) is 1. The summed E-state index contributed by atoms with van der Waals surface area (Å²) < 4.78 is 2.30. The van der Waals surface area contributed by atoms with Crippen molar-refractivity contribution in [2.45, 2.75) is 24.8 Å². The zero-order chi connectivity index (χ0) is 14.1. The number of hydrogen-bond acceptors (Lipinski definition) is 3. The maximum absolute atomic E-state index is 5.86. The maximum Gasteiger partial charge on any atom is 0.0554 e. The molecule has 0 saturated carbocycles. The maximum atomic E-state index is 5.86. The number of rotatable bonds is 3. The van der Waals surface area contributed by atoms with E-state index in [9.17, 15) is 0 Å². The van der Waals surface area contributed by atoms with Gasteiger partial charge in [-0.3, -0.25) is 16.3 Å². The van der Waals surface area contributed by atoms with E-state index < -0.39 is 0 Å². The molecule has 3 rings (SSSR count). The number of benzene rings is 1. The number of pyridine rings is 1. The van der Waals surface area contributed by atoms with Crippen LogP contribution in [0.1, 0.15) is 35.2 Å². The molecule has 5 heteroatoms. The van der Waals surface area contributed by atoms with Gasteiger partial charge in [-0.1, -0.05) is 22.0 Å². The Morgan fingerprint density at radius 1 is 1.40 bits per heavy atom. The van der Waals surface area contributed by atoms with Gasteiger partial charge in [-0.2, -0.15) is 0 Å². The predicted octanol–water partition coefficient (Wildman–Crippen LogP) is 3.68. The molecule has 3 N–H and O–H groups in total. The van der Waals surface area contributed by atoms with Crippen molar-refractivity contribution in [1.29, 1.82) is 0 Å². The molecule has 2 unspecified atom stereocenters. The van der Waals surface area contributed by atoms with Gasteiger partial charge in [0.1, 0.15) is 0 Å². The van der Waals surface area contributed by atoms with Crippen molar-refractivity contribution >= 4 is 38.5 Å². The van der Waals surface area contributed by atoms with Gasteiger partial charge in [0, 0.05) is 25.9 Å². The molecule has 1 aromatic heterocycles. The SMILES string of the molecule is NNC(c1cc(Br)ccc1I)C1CCc2cccnc21. The highest BCUT2D eigenvalue weighted by Crippen LogP contribution is 2.41. The molecule has 104 valence electrons. The minimum Gasteiger partial charge on any atom is -0.271 e. The zero-order valence-corrected chi connectivity index (χ0v) is 14.6. The highest BCUT2D eigenvalue weighted by molar-refractivity contribution is 14.1. The molecule has 2 aromatic rings. The Bertz CT molecular complexity index is 632. The van der Waals surface area contributed by atoms with Gasteiger partial charge < -0.3 is 0 Å². The lowest BCUT2D eigenvalue weighted by molar-refractivity contribution is 0.445. The van der Waals surface area contributed by atoms with Gasteiger partial charge in [0.2, 0.25) is 0 Å². The van der Waals surface area contributed by atoms with Crippen LogP contribution in [-0.4, -0.2) is 4.98 Å². The van der Waals surface area contributed by atoms with Crippen LogP contribution in [0.15, 0.2) is 41.0 Å². The Hall–Kier alpha value is -0.500. The first kappa shape index (κ1) is 14.4. The van der Waals surface area contributed by atoms with Crippen molar-refractivity contribution < 1.29 is 0 Å². The van der Waals surface area contributed by atoms with Crippen LogP contribution in [0, 0.1) is 3.57 Å². The summed E-state index contributed by atoms with van der Waals surface area (Å²) in [6.45, 7) is 0. The number of hydrazine groups is 1. The first-order chi connectivity index (χ1) is 9.70. The number of nitrogens with zero attached hydrogens (tertiary/aromatic N) is 1. The fraction of sp³-hybridized carbons (Fsp3) is 0.267. The summed E-state index contributed by atoms with van der Waals surface area (Å²) in [5, 5.41) is 0. The number of aryl methyl sites for hydroxylation is 1. The van der Waals surface area contributed by atoms with Crippen molar-refractivity contribution in [1.82, 2.24) is 10.4 Å². The fourth-order valence-corrected chi connectivity index (χ4v) is 3.99. The van der Waals surface area contributed by atoms with Crippen LogP contribution in [0.4, 0.5) is 0 Å². The van der Waals surface area contributed by atoms with E-state index >= 15 is 0 Å². The van der Waals surface area contributed by atoms with Gasteiger partial charge in [-0.25, -0.2) is 0 Å². The second kappa shape index (κ2) is 6.09.